The van der Waals surface area contributed by atoms with E-state index in [2.05, 4.69) is 5.32 Å². The molecule has 1 atom stereocenters. The zero-order valence-electron chi connectivity index (χ0n) is 16.4. The highest BCUT2D eigenvalue weighted by molar-refractivity contribution is 5.85. The fourth-order valence-electron chi connectivity index (χ4n) is 3.34. The van der Waals surface area contributed by atoms with Gasteiger partial charge in [0.1, 0.15) is 5.75 Å². The van der Waals surface area contributed by atoms with Crippen LogP contribution in [0.3, 0.4) is 0 Å². The van der Waals surface area contributed by atoms with Gasteiger partial charge in [-0.15, -0.1) is 12.4 Å². The quantitative estimate of drug-likeness (QED) is 0.799. The summed E-state index contributed by atoms with van der Waals surface area (Å²) in [6.45, 7) is 4.00. The first-order valence-electron chi connectivity index (χ1n) is 9.04. The van der Waals surface area contributed by atoms with E-state index in [0.29, 0.717) is 24.6 Å². The van der Waals surface area contributed by atoms with Crippen LogP contribution in [0.2, 0.25) is 0 Å². The van der Waals surface area contributed by atoms with Gasteiger partial charge in [0, 0.05) is 25.2 Å². The highest BCUT2D eigenvalue weighted by atomic mass is 35.5. The molecule has 7 heteroatoms. The molecule has 1 heterocycles. The highest BCUT2D eigenvalue weighted by Gasteiger charge is 2.30. The number of amides is 1. The average Bonchev–Trinajstić information content (AvgIpc) is 2.72. The van der Waals surface area contributed by atoms with Crippen molar-refractivity contribution in [3.63, 3.8) is 0 Å². The standard InChI is InChI=1S/C21H26N2O4.ClH/c1-15-8-9-19(20(12-15)26-3)27-14-21(24)23-11-10-22-13-17(23)16-6-4-5-7-18(16)25-2;/h4-9,12,17,22H,10-11,13-14H2,1-3H3;1H. The van der Waals surface area contributed by atoms with Crippen LogP contribution >= 0.6 is 12.4 Å². The lowest BCUT2D eigenvalue weighted by Crippen LogP contribution is -2.50. The van der Waals surface area contributed by atoms with Crippen molar-refractivity contribution in [3.8, 4) is 17.2 Å². The first-order valence-corrected chi connectivity index (χ1v) is 9.04. The number of nitrogens with zero attached hydrogens (tertiary/aromatic N) is 1. The third kappa shape index (κ3) is 4.88. The molecule has 0 bridgehead atoms. The minimum atomic E-state index is -0.0917. The summed E-state index contributed by atoms with van der Waals surface area (Å²) in [5, 5.41) is 3.36. The zero-order chi connectivity index (χ0) is 19.2. The predicted molar refractivity (Wildman–Crippen MR) is 111 cm³/mol. The summed E-state index contributed by atoms with van der Waals surface area (Å²) in [6, 6.07) is 13.4. The van der Waals surface area contributed by atoms with Gasteiger partial charge in [-0.05, 0) is 30.7 Å². The van der Waals surface area contributed by atoms with E-state index in [1.165, 1.54) is 0 Å². The molecule has 1 aliphatic heterocycles. The van der Waals surface area contributed by atoms with Crippen LogP contribution in [-0.4, -0.2) is 51.3 Å². The number of halogens is 1. The maximum Gasteiger partial charge on any atom is 0.261 e. The lowest BCUT2D eigenvalue weighted by molar-refractivity contribution is -0.136. The van der Waals surface area contributed by atoms with Crippen molar-refractivity contribution in [2.45, 2.75) is 13.0 Å². The number of nitrogens with one attached hydrogen (secondary N) is 1. The lowest BCUT2D eigenvalue weighted by atomic mass is 10.0. The van der Waals surface area contributed by atoms with E-state index in [9.17, 15) is 4.79 Å². The number of para-hydroxylation sites is 1. The van der Waals surface area contributed by atoms with Gasteiger partial charge in [-0.25, -0.2) is 0 Å². The Bertz CT molecular complexity index is 800. The molecule has 0 aromatic heterocycles. The van der Waals surface area contributed by atoms with E-state index >= 15 is 0 Å². The molecule has 152 valence electrons. The van der Waals surface area contributed by atoms with Gasteiger partial charge in [0.2, 0.25) is 0 Å². The summed E-state index contributed by atoms with van der Waals surface area (Å²) in [7, 11) is 3.24. The molecule has 0 spiro atoms. The van der Waals surface area contributed by atoms with E-state index in [4.69, 9.17) is 14.2 Å². The molecule has 1 N–H and O–H groups in total. The van der Waals surface area contributed by atoms with Crippen molar-refractivity contribution in [2.24, 2.45) is 0 Å². The van der Waals surface area contributed by atoms with E-state index in [1.54, 1.807) is 14.2 Å². The smallest absolute Gasteiger partial charge is 0.261 e. The molecular weight excluding hydrogens is 380 g/mol. The Balaban J connectivity index is 0.00000280. The maximum absolute atomic E-state index is 12.9. The monoisotopic (exact) mass is 406 g/mol. The summed E-state index contributed by atoms with van der Waals surface area (Å²) in [5.41, 5.74) is 2.07. The average molecular weight is 407 g/mol. The number of carbonyl (C=O) groups is 1. The van der Waals surface area contributed by atoms with Crippen LogP contribution in [0, 0.1) is 6.92 Å². The summed E-state index contributed by atoms with van der Waals surface area (Å²) >= 11 is 0. The van der Waals surface area contributed by atoms with Gasteiger partial charge in [0.15, 0.2) is 18.1 Å². The number of aryl methyl sites for hydroxylation is 1. The normalized spacial score (nSPS) is 16.1. The van der Waals surface area contributed by atoms with Crippen LogP contribution in [-0.2, 0) is 4.79 Å². The maximum atomic E-state index is 12.9. The Morgan fingerprint density at radius 1 is 1.11 bits per heavy atom. The topological polar surface area (TPSA) is 60.0 Å². The third-order valence-corrected chi connectivity index (χ3v) is 4.73. The summed E-state index contributed by atoms with van der Waals surface area (Å²) in [6.07, 6.45) is 0. The first-order chi connectivity index (χ1) is 13.1. The number of benzene rings is 2. The minimum Gasteiger partial charge on any atom is -0.496 e. The van der Waals surface area contributed by atoms with Crippen molar-refractivity contribution < 1.29 is 19.0 Å². The molecule has 28 heavy (non-hydrogen) atoms. The van der Waals surface area contributed by atoms with Gasteiger partial charge in [0.25, 0.3) is 5.91 Å². The van der Waals surface area contributed by atoms with Crippen LogP contribution in [0.5, 0.6) is 17.2 Å². The molecule has 1 amide bonds. The molecular formula is C21H27ClN2O4. The molecule has 1 fully saturated rings. The Morgan fingerprint density at radius 3 is 2.61 bits per heavy atom. The summed E-state index contributed by atoms with van der Waals surface area (Å²) in [5.74, 6) is 1.92. The molecule has 0 aliphatic carbocycles. The van der Waals surface area contributed by atoms with Crippen molar-refractivity contribution in [3.05, 3.63) is 53.6 Å². The van der Waals surface area contributed by atoms with Crippen molar-refractivity contribution in [2.75, 3.05) is 40.5 Å². The molecule has 6 nitrogen and oxygen atoms in total. The van der Waals surface area contributed by atoms with Crippen LogP contribution in [0.25, 0.3) is 0 Å². The third-order valence-electron chi connectivity index (χ3n) is 4.73. The minimum absolute atomic E-state index is 0. The number of hydrogen-bond acceptors (Lipinski definition) is 5. The molecule has 3 rings (SSSR count). The highest BCUT2D eigenvalue weighted by Crippen LogP contribution is 2.31. The van der Waals surface area contributed by atoms with Crippen molar-refractivity contribution in [1.82, 2.24) is 10.2 Å². The van der Waals surface area contributed by atoms with Crippen molar-refractivity contribution in [1.29, 1.82) is 0 Å². The fraction of sp³-hybridized carbons (Fsp3) is 0.381. The molecule has 2 aromatic rings. The summed E-state index contributed by atoms with van der Waals surface area (Å²) < 4.78 is 16.6. The molecule has 0 radical (unpaired) electrons. The second-order valence-electron chi connectivity index (χ2n) is 6.49. The Labute approximate surface area is 172 Å². The van der Waals surface area contributed by atoms with Gasteiger partial charge in [0.05, 0.1) is 20.3 Å². The Morgan fingerprint density at radius 2 is 1.86 bits per heavy atom. The van der Waals surface area contributed by atoms with Gasteiger partial charge >= 0.3 is 0 Å². The summed E-state index contributed by atoms with van der Waals surface area (Å²) in [4.78, 5) is 14.8. The molecule has 1 saturated heterocycles. The SMILES string of the molecule is COc1cc(C)ccc1OCC(=O)N1CCNCC1c1ccccc1OC.Cl. The number of piperazine rings is 1. The first kappa shape index (κ1) is 21.9. The second-order valence-corrected chi connectivity index (χ2v) is 6.49. The fourth-order valence-corrected chi connectivity index (χ4v) is 3.34. The van der Waals surface area contributed by atoms with E-state index < -0.39 is 0 Å². The van der Waals surface area contributed by atoms with Crippen LogP contribution < -0.4 is 19.5 Å². The molecule has 1 aliphatic rings. The predicted octanol–water partition coefficient (Wildman–Crippen LogP) is 2.99. The largest absolute Gasteiger partial charge is 0.496 e. The van der Waals surface area contributed by atoms with Crippen LogP contribution in [0.4, 0.5) is 0 Å². The van der Waals surface area contributed by atoms with Gasteiger partial charge in [-0.3, -0.25) is 4.79 Å². The molecule has 0 saturated carbocycles. The number of ether oxygens (including phenoxy) is 3. The number of hydrogen-bond donors (Lipinski definition) is 1. The molecule has 2 aromatic carbocycles. The Hall–Kier alpha value is -2.44. The second kappa shape index (κ2) is 10.2. The van der Waals surface area contributed by atoms with Crippen LogP contribution in [0.1, 0.15) is 17.2 Å². The van der Waals surface area contributed by atoms with E-state index in [-0.39, 0.29) is 31.0 Å². The number of carbonyl (C=O) groups excluding carboxylic acids is 1. The molecule has 1 unspecified atom stereocenters. The van der Waals surface area contributed by atoms with Gasteiger partial charge < -0.3 is 24.4 Å². The van der Waals surface area contributed by atoms with E-state index in [1.807, 2.05) is 54.3 Å². The lowest BCUT2D eigenvalue weighted by Gasteiger charge is -2.37. The Kier molecular flexibility index (Phi) is 7.96. The van der Waals surface area contributed by atoms with Gasteiger partial charge in [-0.2, -0.15) is 0 Å². The number of rotatable bonds is 6. The van der Waals surface area contributed by atoms with Crippen molar-refractivity contribution >= 4 is 18.3 Å². The zero-order valence-corrected chi connectivity index (χ0v) is 17.3. The van der Waals surface area contributed by atoms with Crippen LogP contribution in [0.15, 0.2) is 42.5 Å². The van der Waals surface area contributed by atoms with Gasteiger partial charge in [-0.1, -0.05) is 24.3 Å². The number of methoxy groups -OCH3 is 2. The van der Waals surface area contributed by atoms with E-state index in [0.717, 1.165) is 23.4 Å².